The summed E-state index contributed by atoms with van der Waals surface area (Å²) in [4.78, 5) is 34.4. The molecule has 0 spiro atoms. The van der Waals surface area contributed by atoms with Gasteiger partial charge >= 0.3 is 6.03 Å². The van der Waals surface area contributed by atoms with Crippen molar-refractivity contribution >= 4 is 17.6 Å². The van der Waals surface area contributed by atoms with Crippen LogP contribution in [0.4, 0.5) is 10.5 Å². The smallest absolute Gasteiger partial charge is 0.325 e. The Balaban J connectivity index is 1.31. The molecule has 29 heavy (non-hydrogen) atoms. The molecule has 0 bridgehead atoms. The van der Waals surface area contributed by atoms with Crippen LogP contribution in [-0.2, 0) is 4.79 Å². The number of carbonyl (C=O) groups is 2. The van der Waals surface area contributed by atoms with Crippen LogP contribution in [0.1, 0.15) is 12.0 Å². The molecule has 0 radical (unpaired) electrons. The first-order valence-corrected chi connectivity index (χ1v) is 9.56. The van der Waals surface area contributed by atoms with Gasteiger partial charge in [-0.25, -0.2) is 9.78 Å². The van der Waals surface area contributed by atoms with Crippen LogP contribution in [0.25, 0.3) is 0 Å². The normalized spacial score (nSPS) is 18.8. The molecule has 1 atom stereocenters. The fourth-order valence-corrected chi connectivity index (χ4v) is 3.61. The van der Waals surface area contributed by atoms with Gasteiger partial charge in [-0.15, -0.1) is 0 Å². The number of hydrogen-bond donors (Lipinski definition) is 0. The third-order valence-corrected chi connectivity index (χ3v) is 5.14. The molecule has 8 heteroatoms. The van der Waals surface area contributed by atoms with Crippen LogP contribution in [0.15, 0.2) is 48.7 Å². The van der Waals surface area contributed by atoms with E-state index in [4.69, 9.17) is 10.00 Å². The molecule has 0 saturated carbocycles. The standard InChI is InChI=1S/C21H21N5O3/c22-13-16-6-8-23-19(12-16)29-18-7-9-24(14-18)20(27)15-25-10-11-26(21(25)28)17-4-2-1-3-5-17/h1-6,8,12,18H,7,9-11,14-15H2. The molecule has 148 valence electrons. The van der Waals surface area contributed by atoms with Crippen LogP contribution in [0.2, 0.25) is 0 Å². The minimum Gasteiger partial charge on any atom is -0.472 e. The number of aromatic nitrogens is 1. The summed E-state index contributed by atoms with van der Waals surface area (Å²) in [7, 11) is 0. The zero-order valence-corrected chi connectivity index (χ0v) is 15.9. The third-order valence-electron chi connectivity index (χ3n) is 5.14. The van der Waals surface area contributed by atoms with Gasteiger partial charge in [-0.1, -0.05) is 18.2 Å². The molecule has 2 aromatic rings. The Bertz CT molecular complexity index is 943. The molecular formula is C21H21N5O3. The number of rotatable bonds is 5. The molecule has 1 unspecified atom stereocenters. The first-order chi connectivity index (χ1) is 14.1. The van der Waals surface area contributed by atoms with Gasteiger partial charge in [0, 0.05) is 44.0 Å². The van der Waals surface area contributed by atoms with E-state index < -0.39 is 0 Å². The first kappa shape index (κ1) is 18.7. The molecular weight excluding hydrogens is 370 g/mol. The summed E-state index contributed by atoms with van der Waals surface area (Å²) in [5.74, 6) is 0.301. The number of nitrogens with zero attached hydrogens (tertiary/aromatic N) is 5. The Morgan fingerprint density at radius 2 is 2.03 bits per heavy atom. The summed E-state index contributed by atoms with van der Waals surface area (Å²) in [6, 6.07) is 14.6. The number of para-hydroxylation sites is 1. The number of pyridine rings is 1. The van der Waals surface area contributed by atoms with E-state index in [1.807, 2.05) is 30.3 Å². The fourth-order valence-electron chi connectivity index (χ4n) is 3.61. The van der Waals surface area contributed by atoms with Gasteiger partial charge in [0.25, 0.3) is 0 Å². The Hall–Kier alpha value is -3.60. The lowest BCUT2D eigenvalue weighted by Crippen LogP contribution is -2.42. The molecule has 0 aliphatic carbocycles. The van der Waals surface area contributed by atoms with Crippen LogP contribution < -0.4 is 9.64 Å². The lowest BCUT2D eigenvalue weighted by Gasteiger charge is -2.22. The van der Waals surface area contributed by atoms with Crippen molar-refractivity contribution in [1.82, 2.24) is 14.8 Å². The molecule has 2 aliphatic rings. The summed E-state index contributed by atoms with van der Waals surface area (Å²) in [5, 5.41) is 8.96. The molecule has 2 saturated heterocycles. The largest absolute Gasteiger partial charge is 0.472 e. The van der Waals surface area contributed by atoms with Crippen LogP contribution in [0, 0.1) is 11.3 Å². The van der Waals surface area contributed by atoms with Crippen molar-refractivity contribution in [2.45, 2.75) is 12.5 Å². The van der Waals surface area contributed by atoms with E-state index >= 15 is 0 Å². The Labute approximate surface area is 168 Å². The van der Waals surface area contributed by atoms with Crippen LogP contribution in [-0.4, -0.2) is 65.5 Å². The van der Waals surface area contributed by atoms with E-state index in [0.29, 0.717) is 44.0 Å². The van der Waals surface area contributed by atoms with Gasteiger partial charge in [0.05, 0.1) is 18.2 Å². The van der Waals surface area contributed by atoms with Crippen LogP contribution >= 0.6 is 0 Å². The summed E-state index contributed by atoms with van der Waals surface area (Å²) >= 11 is 0. The number of hydrogen-bond acceptors (Lipinski definition) is 5. The third kappa shape index (κ3) is 4.14. The zero-order valence-electron chi connectivity index (χ0n) is 15.9. The number of ether oxygens (including phenoxy) is 1. The molecule has 3 heterocycles. The molecule has 2 fully saturated rings. The van der Waals surface area contributed by atoms with Gasteiger partial charge in [0.15, 0.2) is 0 Å². The maximum absolute atomic E-state index is 12.7. The van der Waals surface area contributed by atoms with E-state index in [2.05, 4.69) is 11.1 Å². The van der Waals surface area contributed by atoms with Crippen molar-refractivity contribution in [3.05, 3.63) is 54.2 Å². The van der Waals surface area contributed by atoms with E-state index in [-0.39, 0.29) is 24.6 Å². The second kappa shape index (κ2) is 8.19. The first-order valence-electron chi connectivity index (χ1n) is 9.56. The number of amides is 3. The highest BCUT2D eigenvalue weighted by Crippen LogP contribution is 2.21. The van der Waals surface area contributed by atoms with Gasteiger partial charge in [-0.3, -0.25) is 9.69 Å². The van der Waals surface area contributed by atoms with Crippen molar-refractivity contribution < 1.29 is 14.3 Å². The fraction of sp³-hybridized carbons (Fsp3) is 0.333. The van der Waals surface area contributed by atoms with Gasteiger partial charge in [0.1, 0.15) is 12.6 Å². The molecule has 1 aromatic heterocycles. The molecule has 8 nitrogen and oxygen atoms in total. The van der Waals surface area contributed by atoms with Crippen molar-refractivity contribution in [3.8, 4) is 11.9 Å². The summed E-state index contributed by atoms with van der Waals surface area (Å²) < 4.78 is 5.82. The Morgan fingerprint density at radius 1 is 1.21 bits per heavy atom. The highest BCUT2D eigenvalue weighted by molar-refractivity contribution is 5.96. The van der Waals surface area contributed by atoms with Gasteiger partial charge in [-0.2, -0.15) is 5.26 Å². The van der Waals surface area contributed by atoms with Crippen molar-refractivity contribution in [1.29, 1.82) is 5.26 Å². The molecule has 3 amide bonds. The second-order valence-corrected chi connectivity index (χ2v) is 7.05. The summed E-state index contributed by atoms with van der Waals surface area (Å²) in [6.45, 7) is 2.19. The molecule has 4 rings (SSSR count). The quantitative estimate of drug-likeness (QED) is 0.776. The number of carbonyl (C=O) groups excluding carboxylic acids is 2. The topological polar surface area (TPSA) is 89.8 Å². The SMILES string of the molecule is N#Cc1ccnc(OC2CCN(C(=O)CN3CCN(c4ccccc4)C3=O)C2)c1. The van der Waals surface area contributed by atoms with Crippen molar-refractivity contribution in [3.63, 3.8) is 0 Å². The summed E-state index contributed by atoms with van der Waals surface area (Å²) in [6.07, 6.45) is 2.05. The maximum Gasteiger partial charge on any atom is 0.325 e. The van der Waals surface area contributed by atoms with Crippen LogP contribution in [0.3, 0.4) is 0 Å². The van der Waals surface area contributed by atoms with E-state index in [0.717, 1.165) is 5.69 Å². The molecule has 0 N–H and O–H groups in total. The number of urea groups is 1. The zero-order chi connectivity index (χ0) is 20.2. The number of benzene rings is 1. The lowest BCUT2D eigenvalue weighted by molar-refractivity contribution is -0.130. The Kier molecular flexibility index (Phi) is 5.29. The highest BCUT2D eigenvalue weighted by atomic mass is 16.5. The van der Waals surface area contributed by atoms with Gasteiger partial charge < -0.3 is 14.5 Å². The second-order valence-electron chi connectivity index (χ2n) is 7.05. The predicted molar refractivity (Wildman–Crippen MR) is 105 cm³/mol. The monoisotopic (exact) mass is 391 g/mol. The van der Waals surface area contributed by atoms with Gasteiger partial charge in [0.2, 0.25) is 11.8 Å². The highest BCUT2D eigenvalue weighted by Gasteiger charge is 2.34. The van der Waals surface area contributed by atoms with E-state index in [9.17, 15) is 9.59 Å². The number of nitriles is 1. The average Bonchev–Trinajstić information content (AvgIpc) is 3.36. The van der Waals surface area contributed by atoms with E-state index in [1.54, 1.807) is 26.8 Å². The Morgan fingerprint density at radius 3 is 2.83 bits per heavy atom. The minimum atomic E-state index is -0.171. The predicted octanol–water partition coefficient (Wildman–Crippen LogP) is 1.88. The number of anilines is 1. The number of likely N-dealkylation sites (tertiary alicyclic amines) is 1. The molecule has 2 aliphatic heterocycles. The van der Waals surface area contributed by atoms with E-state index in [1.165, 1.54) is 6.20 Å². The summed E-state index contributed by atoms with van der Waals surface area (Å²) in [5.41, 5.74) is 1.32. The molecule has 1 aromatic carbocycles. The van der Waals surface area contributed by atoms with Crippen molar-refractivity contribution in [2.75, 3.05) is 37.6 Å². The lowest BCUT2D eigenvalue weighted by atomic mass is 10.3. The van der Waals surface area contributed by atoms with Crippen LogP contribution in [0.5, 0.6) is 5.88 Å². The van der Waals surface area contributed by atoms with Gasteiger partial charge in [-0.05, 0) is 18.2 Å². The minimum absolute atomic E-state index is 0.0665. The average molecular weight is 391 g/mol. The van der Waals surface area contributed by atoms with Crippen molar-refractivity contribution in [2.24, 2.45) is 0 Å². The maximum atomic E-state index is 12.7.